The maximum absolute atomic E-state index is 4.41. The van der Waals surface area contributed by atoms with Crippen molar-refractivity contribution in [2.45, 2.75) is 6.42 Å². The van der Waals surface area contributed by atoms with E-state index in [1.165, 1.54) is 0 Å². The van der Waals surface area contributed by atoms with Gasteiger partial charge in [0.2, 0.25) is 0 Å². The fourth-order valence-corrected chi connectivity index (χ4v) is 1.37. The van der Waals surface area contributed by atoms with E-state index < -0.39 is 0 Å². The summed E-state index contributed by atoms with van der Waals surface area (Å²) in [5.41, 5.74) is 1.05. The third-order valence-corrected chi connectivity index (χ3v) is 2.18. The van der Waals surface area contributed by atoms with Gasteiger partial charge in [-0.05, 0) is 7.05 Å². The van der Waals surface area contributed by atoms with Crippen LogP contribution in [0.1, 0.15) is 5.82 Å². The molecule has 0 amide bonds. The smallest absolute Gasteiger partial charge is 0.181 e. The molecule has 1 aromatic heterocycles. The Bertz CT molecular complexity index is 408. The molecule has 78 valence electrons. The Morgan fingerprint density at radius 2 is 2.07 bits per heavy atom. The molecule has 4 nitrogen and oxygen atoms in total. The van der Waals surface area contributed by atoms with Gasteiger partial charge in [0.25, 0.3) is 0 Å². The van der Waals surface area contributed by atoms with E-state index in [2.05, 4.69) is 20.5 Å². The molecule has 2 rings (SSSR count). The molecule has 4 heteroatoms. The van der Waals surface area contributed by atoms with Crippen molar-refractivity contribution in [1.29, 1.82) is 0 Å². The summed E-state index contributed by atoms with van der Waals surface area (Å²) < 4.78 is 0. The minimum atomic E-state index is 0.765. The molecule has 2 N–H and O–H groups in total. The second kappa shape index (κ2) is 4.70. The van der Waals surface area contributed by atoms with Crippen LogP contribution in [0.25, 0.3) is 11.4 Å². The molecule has 0 fully saturated rings. The van der Waals surface area contributed by atoms with Crippen LogP contribution in [0.3, 0.4) is 0 Å². The number of likely N-dealkylation sites (N-methyl/N-ethyl adjacent to an activating group) is 1. The predicted molar refractivity (Wildman–Crippen MR) is 59.4 cm³/mol. The summed E-state index contributed by atoms with van der Waals surface area (Å²) in [6, 6.07) is 9.96. The van der Waals surface area contributed by atoms with Gasteiger partial charge in [0.15, 0.2) is 5.82 Å². The number of hydrogen-bond donors (Lipinski definition) is 2. The number of nitrogens with one attached hydrogen (secondary N) is 2. The summed E-state index contributed by atoms with van der Waals surface area (Å²) in [6.45, 7) is 0.906. The summed E-state index contributed by atoms with van der Waals surface area (Å²) in [5, 5.41) is 10.2. The van der Waals surface area contributed by atoms with E-state index in [4.69, 9.17) is 0 Å². The van der Waals surface area contributed by atoms with Crippen LogP contribution < -0.4 is 5.32 Å². The van der Waals surface area contributed by atoms with Crippen molar-refractivity contribution in [2.24, 2.45) is 0 Å². The van der Waals surface area contributed by atoms with Gasteiger partial charge in [-0.2, -0.15) is 5.10 Å². The van der Waals surface area contributed by atoms with Gasteiger partial charge in [0, 0.05) is 18.5 Å². The summed E-state index contributed by atoms with van der Waals surface area (Å²) in [4.78, 5) is 4.41. The van der Waals surface area contributed by atoms with Gasteiger partial charge in [0.1, 0.15) is 5.82 Å². The van der Waals surface area contributed by atoms with Crippen molar-refractivity contribution in [2.75, 3.05) is 13.6 Å². The van der Waals surface area contributed by atoms with Gasteiger partial charge >= 0.3 is 0 Å². The molecule has 1 heterocycles. The lowest BCUT2D eigenvalue weighted by Crippen LogP contribution is -2.11. The molecule has 0 bridgehead atoms. The lowest BCUT2D eigenvalue weighted by atomic mass is 10.2. The maximum atomic E-state index is 4.41. The van der Waals surface area contributed by atoms with E-state index in [9.17, 15) is 0 Å². The molecule has 0 unspecified atom stereocenters. The first-order valence-corrected chi connectivity index (χ1v) is 5.01. The number of H-pyrrole nitrogens is 1. The molecule has 15 heavy (non-hydrogen) atoms. The Hall–Kier alpha value is -1.68. The molecule has 2 aromatic rings. The highest BCUT2D eigenvalue weighted by atomic mass is 15.2. The molecular formula is C11H14N4. The molecule has 0 saturated carbocycles. The Labute approximate surface area is 88.8 Å². The van der Waals surface area contributed by atoms with Gasteiger partial charge in [-0.3, -0.25) is 5.10 Å². The third-order valence-electron chi connectivity index (χ3n) is 2.18. The van der Waals surface area contributed by atoms with E-state index in [0.29, 0.717) is 0 Å². The van der Waals surface area contributed by atoms with Gasteiger partial charge in [0.05, 0.1) is 0 Å². The quantitative estimate of drug-likeness (QED) is 0.784. The van der Waals surface area contributed by atoms with Crippen molar-refractivity contribution in [3.8, 4) is 11.4 Å². The molecule has 0 saturated heterocycles. The lowest BCUT2D eigenvalue weighted by Gasteiger charge is -1.93. The van der Waals surface area contributed by atoms with Crippen LogP contribution in [-0.2, 0) is 6.42 Å². The first kappa shape index (κ1) is 9.86. The average Bonchev–Trinajstić information content (AvgIpc) is 2.76. The third kappa shape index (κ3) is 2.41. The predicted octanol–water partition coefficient (Wildman–Crippen LogP) is 1.23. The minimum Gasteiger partial charge on any atom is -0.319 e. The first-order valence-electron chi connectivity index (χ1n) is 5.01. The van der Waals surface area contributed by atoms with Gasteiger partial charge in [-0.15, -0.1) is 0 Å². The molecule has 0 aliphatic carbocycles. The van der Waals surface area contributed by atoms with Gasteiger partial charge in [-0.1, -0.05) is 30.3 Å². The highest BCUT2D eigenvalue weighted by Crippen LogP contribution is 2.12. The lowest BCUT2D eigenvalue weighted by molar-refractivity contribution is 0.758. The Morgan fingerprint density at radius 3 is 2.80 bits per heavy atom. The molecule has 0 atom stereocenters. The first-order chi connectivity index (χ1) is 7.40. The summed E-state index contributed by atoms with van der Waals surface area (Å²) in [7, 11) is 1.93. The Morgan fingerprint density at radius 1 is 1.27 bits per heavy atom. The highest BCUT2D eigenvalue weighted by Gasteiger charge is 2.03. The summed E-state index contributed by atoms with van der Waals surface area (Å²) in [6.07, 6.45) is 0.871. The Balaban J connectivity index is 2.14. The number of benzene rings is 1. The highest BCUT2D eigenvalue weighted by molar-refractivity contribution is 5.53. The molecule has 0 radical (unpaired) electrons. The van der Waals surface area contributed by atoms with Crippen LogP contribution in [0.15, 0.2) is 30.3 Å². The van der Waals surface area contributed by atoms with Crippen molar-refractivity contribution in [3.63, 3.8) is 0 Å². The second-order valence-electron chi connectivity index (χ2n) is 3.33. The van der Waals surface area contributed by atoms with Crippen LogP contribution in [0, 0.1) is 0 Å². The number of hydrogen-bond acceptors (Lipinski definition) is 3. The largest absolute Gasteiger partial charge is 0.319 e. The minimum absolute atomic E-state index is 0.765. The SMILES string of the molecule is CNCCc1nc(-c2ccccc2)n[nH]1. The van der Waals surface area contributed by atoms with Crippen LogP contribution >= 0.6 is 0 Å². The second-order valence-corrected chi connectivity index (χ2v) is 3.33. The zero-order chi connectivity index (χ0) is 10.5. The topological polar surface area (TPSA) is 53.6 Å². The van der Waals surface area contributed by atoms with Crippen LogP contribution in [0.4, 0.5) is 0 Å². The van der Waals surface area contributed by atoms with E-state index in [1.807, 2.05) is 37.4 Å². The number of aromatic amines is 1. The molecule has 1 aromatic carbocycles. The van der Waals surface area contributed by atoms with Crippen molar-refractivity contribution in [3.05, 3.63) is 36.2 Å². The number of nitrogens with zero attached hydrogens (tertiary/aromatic N) is 2. The van der Waals surface area contributed by atoms with Crippen molar-refractivity contribution < 1.29 is 0 Å². The average molecular weight is 202 g/mol. The number of rotatable bonds is 4. The zero-order valence-electron chi connectivity index (χ0n) is 8.70. The van der Waals surface area contributed by atoms with Crippen LogP contribution in [0.5, 0.6) is 0 Å². The monoisotopic (exact) mass is 202 g/mol. The Kier molecular flexibility index (Phi) is 3.09. The van der Waals surface area contributed by atoms with Crippen LogP contribution in [0.2, 0.25) is 0 Å². The molecular weight excluding hydrogens is 188 g/mol. The molecule has 0 aliphatic rings. The molecule has 0 aliphatic heterocycles. The standard InChI is InChI=1S/C11H14N4/c1-12-8-7-10-13-11(15-14-10)9-5-3-2-4-6-9/h2-6,12H,7-8H2,1H3,(H,13,14,15). The van der Waals surface area contributed by atoms with E-state index in [0.717, 1.165) is 30.2 Å². The summed E-state index contributed by atoms with van der Waals surface area (Å²) in [5.74, 6) is 1.69. The van der Waals surface area contributed by atoms with E-state index in [-0.39, 0.29) is 0 Å². The maximum Gasteiger partial charge on any atom is 0.181 e. The van der Waals surface area contributed by atoms with Crippen molar-refractivity contribution >= 4 is 0 Å². The fourth-order valence-electron chi connectivity index (χ4n) is 1.37. The van der Waals surface area contributed by atoms with Gasteiger partial charge in [-0.25, -0.2) is 4.98 Å². The molecule has 0 spiro atoms. The van der Waals surface area contributed by atoms with E-state index >= 15 is 0 Å². The van der Waals surface area contributed by atoms with Gasteiger partial charge < -0.3 is 5.32 Å². The van der Waals surface area contributed by atoms with Crippen LogP contribution in [-0.4, -0.2) is 28.8 Å². The van der Waals surface area contributed by atoms with Crippen molar-refractivity contribution in [1.82, 2.24) is 20.5 Å². The zero-order valence-corrected chi connectivity index (χ0v) is 8.70. The number of aromatic nitrogens is 3. The fraction of sp³-hybridized carbons (Fsp3) is 0.273. The van der Waals surface area contributed by atoms with E-state index in [1.54, 1.807) is 0 Å². The summed E-state index contributed by atoms with van der Waals surface area (Å²) >= 11 is 0. The normalized spacial score (nSPS) is 10.5.